The highest BCUT2D eigenvalue weighted by molar-refractivity contribution is 7.59. The Morgan fingerprint density at radius 3 is 2.67 bits per heavy atom. The number of pyridine rings is 2. The Balaban J connectivity index is 0.00000308. The van der Waals surface area contributed by atoms with Crippen molar-refractivity contribution < 1.29 is 9.90 Å². The third-order valence-corrected chi connectivity index (χ3v) is 6.40. The van der Waals surface area contributed by atoms with E-state index in [1.807, 2.05) is 67.6 Å². The molecule has 6 aromatic rings. The number of nitrogens with zero attached hydrogens (tertiary/aromatic N) is 4. The summed E-state index contributed by atoms with van der Waals surface area (Å²) in [5.74, 6) is -0.530. The molecule has 0 spiro atoms. The fourth-order valence-corrected chi connectivity index (χ4v) is 4.59. The molecule has 0 aliphatic heterocycles. The number of aromatic amines is 2. The van der Waals surface area contributed by atoms with Crippen LogP contribution < -0.4 is 10.9 Å². The van der Waals surface area contributed by atoms with E-state index in [2.05, 4.69) is 25.4 Å². The summed E-state index contributed by atoms with van der Waals surface area (Å²) >= 11 is 0. The van der Waals surface area contributed by atoms with Gasteiger partial charge in [0.2, 0.25) is 0 Å². The van der Waals surface area contributed by atoms with E-state index in [0.717, 1.165) is 27.7 Å². The van der Waals surface area contributed by atoms with Gasteiger partial charge in [-0.2, -0.15) is 18.6 Å². The van der Waals surface area contributed by atoms with Crippen LogP contribution >= 0.6 is 13.5 Å². The van der Waals surface area contributed by atoms with E-state index in [1.165, 1.54) is 4.68 Å². The van der Waals surface area contributed by atoms with Gasteiger partial charge in [0.25, 0.3) is 5.56 Å². The highest BCUT2D eigenvalue weighted by Gasteiger charge is 2.20. The normalized spacial score (nSPS) is 11.8. The van der Waals surface area contributed by atoms with Crippen molar-refractivity contribution in [1.82, 2.24) is 29.7 Å². The zero-order valence-corrected chi connectivity index (χ0v) is 21.8. The average molecular weight is 540 g/mol. The molecular formula is C28H25N7O3S. The molecule has 0 amide bonds. The maximum atomic E-state index is 13.4. The van der Waals surface area contributed by atoms with Gasteiger partial charge in [-0.25, -0.2) is 4.98 Å². The summed E-state index contributed by atoms with van der Waals surface area (Å²) in [4.78, 5) is 39.9. The Labute approximate surface area is 229 Å². The minimum atomic E-state index is -0.962. The van der Waals surface area contributed by atoms with Crippen LogP contribution in [0, 0.1) is 0 Å². The first-order chi connectivity index (χ1) is 18.5. The van der Waals surface area contributed by atoms with Gasteiger partial charge in [-0.1, -0.05) is 30.3 Å². The smallest absolute Gasteiger partial charge is 0.325 e. The lowest BCUT2D eigenvalue weighted by atomic mass is 10.1. The third-order valence-electron chi connectivity index (χ3n) is 6.40. The standard InChI is InChI=1S/C28H23N7O3.H2S/c1-16(20-7-4-5-11-29-20)31-26-19-6-2-3-8-21(19)34-28(38)25(26)27-32-22-10-9-17(12-23(22)33-27)18-13-30-35(14-18)15-24(36)37;/h2-14,16H,15H2,1H3,(H,32,33)(H,36,37)(H2,31,34,38);1H2/t16-;/m0./s1. The van der Waals surface area contributed by atoms with Crippen LogP contribution in [0.3, 0.4) is 0 Å². The van der Waals surface area contributed by atoms with Crippen molar-refractivity contribution in [3.8, 4) is 22.5 Å². The highest BCUT2D eigenvalue weighted by atomic mass is 32.1. The van der Waals surface area contributed by atoms with Gasteiger partial charge in [-0.05, 0) is 42.8 Å². The van der Waals surface area contributed by atoms with Crippen LogP contribution in [0.5, 0.6) is 0 Å². The summed E-state index contributed by atoms with van der Waals surface area (Å²) in [6.45, 7) is 1.78. The quantitative estimate of drug-likeness (QED) is 0.230. The molecule has 0 fully saturated rings. The monoisotopic (exact) mass is 539 g/mol. The number of nitrogens with one attached hydrogen (secondary N) is 3. The van der Waals surface area contributed by atoms with Crippen molar-refractivity contribution in [3.05, 3.63) is 95.3 Å². The van der Waals surface area contributed by atoms with Gasteiger partial charge >= 0.3 is 5.97 Å². The fraction of sp³-hybridized carbons (Fsp3) is 0.107. The van der Waals surface area contributed by atoms with Gasteiger partial charge < -0.3 is 20.4 Å². The molecule has 196 valence electrons. The molecule has 4 N–H and O–H groups in total. The van der Waals surface area contributed by atoms with Gasteiger partial charge in [0.05, 0.1) is 40.2 Å². The molecule has 6 rings (SSSR count). The number of hydrogen-bond donors (Lipinski definition) is 4. The average Bonchev–Trinajstić information content (AvgIpc) is 3.55. The summed E-state index contributed by atoms with van der Waals surface area (Å²) in [5.41, 5.74) is 5.41. The molecule has 0 saturated carbocycles. The van der Waals surface area contributed by atoms with Crippen molar-refractivity contribution >= 4 is 47.1 Å². The van der Waals surface area contributed by atoms with Gasteiger partial charge in [-0.15, -0.1) is 0 Å². The molecule has 0 radical (unpaired) electrons. The molecule has 0 bridgehead atoms. The predicted octanol–water partition coefficient (Wildman–Crippen LogP) is 4.70. The molecule has 4 aromatic heterocycles. The zero-order valence-electron chi connectivity index (χ0n) is 20.8. The van der Waals surface area contributed by atoms with Gasteiger partial charge in [0.1, 0.15) is 17.9 Å². The van der Waals surface area contributed by atoms with Crippen molar-refractivity contribution in [2.24, 2.45) is 0 Å². The summed E-state index contributed by atoms with van der Waals surface area (Å²) in [5, 5.41) is 17.5. The predicted molar refractivity (Wildman–Crippen MR) is 155 cm³/mol. The number of H-pyrrole nitrogens is 2. The molecular weight excluding hydrogens is 514 g/mol. The number of hydrogen-bond acceptors (Lipinski definition) is 6. The second-order valence-corrected chi connectivity index (χ2v) is 9.01. The van der Waals surface area contributed by atoms with Crippen LogP contribution in [0.2, 0.25) is 0 Å². The molecule has 11 heteroatoms. The number of carboxylic acid groups (broad SMARTS) is 1. The van der Waals surface area contributed by atoms with Crippen molar-refractivity contribution in [2.45, 2.75) is 19.5 Å². The number of benzene rings is 2. The van der Waals surface area contributed by atoms with Gasteiger partial charge in [0.15, 0.2) is 0 Å². The lowest BCUT2D eigenvalue weighted by Gasteiger charge is -2.18. The minimum Gasteiger partial charge on any atom is -0.480 e. The Hall–Kier alpha value is -4.90. The molecule has 0 aliphatic rings. The summed E-state index contributed by atoms with van der Waals surface area (Å²) in [7, 11) is 0. The maximum Gasteiger partial charge on any atom is 0.325 e. The Morgan fingerprint density at radius 1 is 1.05 bits per heavy atom. The molecule has 4 heterocycles. The van der Waals surface area contributed by atoms with E-state index in [1.54, 1.807) is 18.6 Å². The van der Waals surface area contributed by atoms with Gasteiger partial charge in [0, 0.05) is 23.3 Å². The number of fused-ring (bicyclic) bond motifs is 2. The van der Waals surface area contributed by atoms with Crippen molar-refractivity contribution in [1.29, 1.82) is 0 Å². The topological polar surface area (TPSA) is 142 Å². The van der Waals surface area contributed by atoms with Crippen LogP contribution in [0.4, 0.5) is 5.69 Å². The van der Waals surface area contributed by atoms with Crippen LogP contribution in [0.25, 0.3) is 44.5 Å². The molecule has 39 heavy (non-hydrogen) atoms. The molecule has 0 saturated heterocycles. The van der Waals surface area contributed by atoms with Crippen LogP contribution in [0.1, 0.15) is 18.7 Å². The lowest BCUT2D eigenvalue weighted by Crippen LogP contribution is -2.17. The number of para-hydroxylation sites is 1. The number of carboxylic acids is 1. The minimum absolute atomic E-state index is 0. The van der Waals surface area contributed by atoms with Crippen molar-refractivity contribution in [2.75, 3.05) is 5.32 Å². The maximum absolute atomic E-state index is 13.4. The molecule has 1 atom stereocenters. The van der Waals surface area contributed by atoms with E-state index in [4.69, 9.17) is 10.1 Å². The summed E-state index contributed by atoms with van der Waals surface area (Å²) in [6, 6.07) is 18.9. The summed E-state index contributed by atoms with van der Waals surface area (Å²) < 4.78 is 1.37. The van der Waals surface area contributed by atoms with E-state index in [-0.39, 0.29) is 31.6 Å². The van der Waals surface area contributed by atoms with E-state index >= 15 is 0 Å². The lowest BCUT2D eigenvalue weighted by molar-refractivity contribution is -0.137. The summed E-state index contributed by atoms with van der Waals surface area (Å²) in [6.07, 6.45) is 5.05. The van der Waals surface area contributed by atoms with E-state index in [0.29, 0.717) is 28.1 Å². The van der Waals surface area contributed by atoms with Crippen molar-refractivity contribution in [3.63, 3.8) is 0 Å². The molecule has 0 unspecified atom stereocenters. The first-order valence-corrected chi connectivity index (χ1v) is 12.0. The number of aromatic nitrogens is 6. The first-order valence-electron chi connectivity index (χ1n) is 12.0. The molecule has 2 aromatic carbocycles. The fourth-order valence-electron chi connectivity index (χ4n) is 4.59. The largest absolute Gasteiger partial charge is 0.480 e. The van der Waals surface area contributed by atoms with Crippen LogP contribution in [0.15, 0.2) is 84.0 Å². The number of aliphatic carboxylic acids is 1. The van der Waals surface area contributed by atoms with E-state index < -0.39 is 5.97 Å². The zero-order chi connectivity index (χ0) is 26.2. The number of anilines is 1. The Morgan fingerprint density at radius 2 is 1.87 bits per heavy atom. The number of imidazole rings is 1. The molecule has 10 nitrogen and oxygen atoms in total. The highest BCUT2D eigenvalue weighted by Crippen LogP contribution is 2.34. The first kappa shape index (κ1) is 25.7. The molecule has 0 aliphatic carbocycles. The Bertz CT molecular complexity index is 1860. The Kier molecular flexibility index (Phi) is 6.90. The van der Waals surface area contributed by atoms with Crippen LogP contribution in [-0.4, -0.2) is 40.8 Å². The second kappa shape index (κ2) is 10.5. The number of carbonyl (C=O) groups is 1. The number of rotatable bonds is 7. The van der Waals surface area contributed by atoms with E-state index in [9.17, 15) is 9.59 Å². The SMILES string of the molecule is C[C@H](Nc1c(-c2nc3ccc(-c4cnn(CC(=O)O)c4)cc3[nH]2)c(=O)[nH]c2ccccc12)c1ccccn1.S. The van der Waals surface area contributed by atoms with Gasteiger partial charge in [-0.3, -0.25) is 19.3 Å². The second-order valence-electron chi connectivity index (χ2n) is 9.01. The van der Waals surface area contributed by atoms with Crippen LogP contribution in [-0.2, 0) is 11.3 Å². The third kappa shape index (κ3) is 4.99.